The Morgan fingerprint density at radius 1 is 0.967 bits per heavy atom. The highest BCUT2D eigenvalue weighted by molar-refractivity contribution is 5.92. The van der Waals surface area contributed by atoms with Crippen LogP contribution in [0.5, 0.6) is 23.0 Å². The van der Waals surface area contributed by atoms with Crippen molar-refractivity contribution >= 4 is 11.6 Å². The van der Waals surface area contributed by atoms with Crippen LogP contribution in [0.2, 0.25) is 0 Å². The maximum atomic E-state index is 12.2. The zero-order valence-corrected chi connectivity index (χ0v) is 17.7. The number of ether oxygens (including phenoxy) is 2. The minimum absolute atomic E-state index is 0.0636. The van der Waals surface area contributed by atoms with Crippen molar-refractivity contribution in [3.63, 3.8) is 0 Å². The van der Waals surface area contributed by atoms with Gasteiger partial charge in [-0.05, 0) is 73.4 Å². The minimum atomic E-state index is -0.230. The molecule has 3 rings (SSSR count). The van der Waals surface area contributed by atoms with E-state index in [-0.39, 0.29) is 24.2 Å². The molecule has 3 aromatic carbocycles. The lowest BCUT2D eigenvalue weighted by Gasteiger charge is -2.16. The van der Waals surface area contributed by atoms with Gasteiger partial charge in [-0.2, -0.15) is 0 Å². The van der Waals surface area contributed by atoms with E-state index in [9.17, 15) is 9.90 Å². The number of para-hydroxylation sites is 1. The quantitative estimate of drug-likeness (QED) is 0.510. The Morgan fingerprint density at radius 2 is 1.63 bits per heavy atom. The number of carbonyl (C=O) groups excluding carboxylic acids is 1. The van der Waals surface area contributed by atoms with Crippen LogP contribution in [-0.2, 0) is 4.79 Å². The number of phenolic OH excluding ortho intramolecular Hbond substituents is 1. The number of carbonyl (C=O) groups is 1. The fraction of sp³-hybridized carbons (Fsp3) is 0.240. The molecule has 3 aromatic rings. The Balaban J connectivity index is 1.69. The van der Waals surface area contributed by atoms with Crippen LogP contribution in [0.4, 0.5) is 5.69 Å². The van der Waals surface area contributed by atoms with Gasteiger partial charge in [0.25, 0.3) is 5.91 Å². The molecule has 0 saturated heterocycles. The van der Waals surface area contributed by atoms with E-state index in [0.717, 1.165) is 22.4 Å². The Bertz CT molecular complexity index is 1010. The number of rotatable bonds is 7. The highest BCUT2D eigenvalue weighted by Gasteiger charge is 2.13. The first-order valence-corrected chi connectivity index (χ1v) is 9.93. The molecule has 0 aliphatic heterocycles. The minimum Gasteiger partial charge on any atom is -0.508 e. The number of aryl methyl sites for hydroxylation is 2. The molecule has 0 bridgehead atoms. The number of aromatic hydroxyl groups is 1. The summed E-state index contributed by atoms with van der Waals surface area (Å²) in [6.07, 6.45) is 0. The molecule has 0 unspecified atom stereocenters. The monoisotopic (exact) mass is 405 g/mol. The molecule has 0 aliphatic carbocycles. The maximum absolute atomic E-state index is 12.2. The van der Waals surface area contributed by atoms with E-state index in [1.807, 2.05) is 76.2 Å². The van der Waals surface area contributed by atoms with E-state index in [4.69, 9.17) is 9.47 Å². The smallest absolute Gasteiger partial charge is 0.262 e. The lowest BCUT2D eigenvalue weighted by molar-refractivity contribution is -0.118. The van der Waals surface area contributed by atoms with E-state index in [1.54, 1.807) is 12.1 Å². The molecular formula is C25H27NO4. The Labute approximate surface area is 177 Å². The maximum Gasteiger partial charge on any atom is 0.262 e. The predicted octanol–water partition coefficient (Wildman–Crippen LogP) is 5.94. The molecule has 0 radical (unpaired) electrons. The van der Waals surface area contributed by atoms with Crippen LogP contribution in [-0.4, -0.2) is 17.6 Å². The lowest BCUT2D eigenvalue weighted by Crippen LogP contribution is -2.20. The van der Waals surface area contributed by atoms with Crippen molar-refractivity contribution < 1.29 is 19.4 Å². The molecule has 30 heavy (non-hydrogen) atoms. The molecule has 156 valence electrons. The number of nitrogens with one attached hydrogen (secondary N) is 1. The number of benzene rings is 3. The Morgan fingerprint density at radius 3 is 2.27 bits per heavy atom. The molecule has 5 heteroatoms. The normalized spacial score (nSPS) is 10.7. The van der Waals surface area contributed by atoms with Gasteiger partial charge in [0.05, 0.1) is 0 Å². The van der Waals surface area contributed by atoms with Crippen molar-refractivity contribution in [1.29, 1.82) is 0 Å². The summed E-state index contributed by atoms with van der Waals surface area (Å²) in [5.41, 5.74) is 3.32. The van der Waals surface area contributed by atoms with Crippen LogP contribution in [0.25, 0.3) is 0 Å². The van der Waals surface area contributed by atoms with Gasteiger partial charge in [0.15, 0.2) is 6.61 Å². The molecule has 0 saturated carbocycles. The van der Waals surface area contributed by atoms with Gasteiger partial charge < -0.3 is 19.9 Å². The van der Waals surface area contributed by atoms with Crippen molar-refractivity contribution in [2.24, 2.45) is 0 Å². The van der Waals surface area contributed by atoms with Crippen LogP contribution in [0, 0.1) is 13.8 Å². The second kappa shape index (κ2) is 9.35. The summed E-state index contributed by atoms with van der Waals surface area (Å²) in [7, 11) is 0. The molecule has 5 nitrogen and oxygen atoms in total. The summed E-state index contributed by atoms with van der Waals surface area (Å²) < 4.78 is 11.6. The summed E-state index contributed by atoms with van der Waals surface area (Å²) in [5.74, 6) is 2.27. The second-order valence-corrected chi connectivity index (χ2v) is 7.57. The van der Waals surface area contributed by atoms with Gasteiger partial charge in [0, 0.05) is 11.3 Å². The Hall–Kier alpha value is -3.47. The lowest BCUT2D eigenvalue weighted by atomic mass is 10.0. The van der Waals surface area contributed by atoms with Gasteiger partial charge in [0.2, 0.25) is 0 Å². The average Bonchev–Trinajstić information content (AvgIpc) is 2.71. The van der Waals surface area contributed by atoms with Gasteiger partial charge >= 0.3 is 0 Å². The molecule has 0 atom stereocenters. The summed E-state index contributed by atoms with van der Waals surface area (Å²) in [4.78, 5) is 12.2. The SMILES string of the molecule is Cc1cc(NC(=O)COc2ccccc2)cc(C)c1Oc1ccc(O)c(C(C)C)c1. The second-order valence-electron chi connectivity index (χ2n) is 7.57. The molecule has 0 fully saturated rings. The van der Waals surface area contributed by atoms with Crippen molar-refractivity contribution in [2.75, 3.05) is 11.9 Å². The number of phenols is 1. The number of hydrogen-bond acceptors (Lipinski definition) is 4. The highest BCUT2D eigenvalue weighted by Crippen LogP contribution is 2.35. The highest BCUT2D eigenvalue weighted by atomic mass is 16.5. The molecule has 0 heterocycles. The third-order valence-electron chi connectivity index (χ3n) is 4.70. The fourth-order valence-electron chi connectivity index (χ4n) is 3.22. The standard InChI is InChI=1S/C25H27NO4/c1-16(2)22-14-21(10-11-23(22)27)30-25-17(3)12-19(13-18(25)4)26-24(28)15-29-20-8-6-5-7-9-20/h5-14,16,27H,15H2,1-4H3,(H,26,28). The molecule has 0 spiro atoms. The van der Waals surface area contributed by atoms with Crippen LogP contribution >= 0.6 is 0 Å². The van der Waals surface area contributed by atoms with Crippen LogP contribution in [0.1, 0.15) is 36.5 Å². The Kier molecular flexibility index (Phi) is 6.62. The predicted molar refractivity (Wildman–Crippen MR) is 119 cm³/mol. The molecular weight excluding hydrogens is 378 g/mol. The summed E-state index contributed by atoms with van der Waals surface area (Å²) in [5, 5.41) is 12.9. The van der Waals surface area contributed by atoms with E-state index >= 15 is 0 Å². The topological polar surface area (TPSA) is 67.8 Å². The van der Waals surface area contributed by atoms with Gasteiger partial charge in [-0.1, -0.05) is 32.0 Å². The first kappa shape index (κ1) is 21.2. The van der Waals surface area contributed by atoms with Crippen LogP contribution in [0.15, 0.2) is 60.7 Å². The molecule has 0 aliphatic rings. The largest absolute Gasteiger partial charge is 0.508 e. The summed E-state index contributed by atoms with van der Waals surface area (Å²) >= 11 is 0. The van der Waals surface area contributed by atoms with Gasteiger partial charge in [-0.25, -0.2) is 0 Å². The van der Waals surface area contributed by atoms with E-state index in [2.05, 4.69) is 5.32 Å². The molecule has 0 aromatic heterocycles. The van der Waals surface area contributed by atoms with Crippen LogP contribution in [0.3, 0.4) is 0 Å². The molecule has 1 amide bonds. The fourth-order valence-corrected chi connectivity index (χ4v) is 3.22. The van der Waals surface area contributed by atoms with E-state index in [1.165, 1.54) is 0 Å². The summed E-state index contributed by atoms with van der Waals surface area (Å²) in [6, 6.07) is 18.2. The van der Waals surface area contributed by atoms with Crippen molar-refractivity contribution in [3.05, 3.63) is 77.4 Å². The average molecular weight is 405 g/mol. The number of hydrogen-bond donors (Lipinski definition) is 2. The summed E-state index contributed by atoms with van der Waals surface area (Å²) in [6.45, 7) is 7.85. The first-order chi connectivity index (χ1) is 14.3. The van der Waals surface area contributed by atoms with Crippen LogP contribution < -0.4 is 14.8 Å². The van der Waals surface area contributed by atoms with Gasteiger partial charge in [-0.15, -0.1) is 0 Å². The third kappa shape index (κ3) is 5.32. The van der Waals surface area contributed by atoms with Crippen molar-refractivity contribution in [2.45, 2.75) is 33.6 Å². The zero-order valence-electron chi connectivity index (χ0n) is 17.7. The van der Waals surface area contributed by atoms with Gasteiger partial charge in [0.1, 0.15) is 23.0 Å². The third-order valence-corrected chi connectivity index (χ3v) is 4.70. The van der Waals surface area contributed by atoms with E-state index < -0.39 is 0 Å². The van der Waals surface area contributed by atoms with Crippen molar-refractivity contribution in [3.8, 4) is 23.0 Å². The van der Waals surface area contributed by atoms with Crippen molar-refractivity contribution in [1.82, 2.24) is 0 Å². The first-order valence-electron chi connectivity index (χ1n) is 9.93. The van der Waals surface area contributed by atoms with E-state index in [0.29, 0.717) is 17.2 Å². The zero-order chi connectivity index (χ0) is 21.7. The molecule has 2 N–H and O–H groups in total. The number of anilines is 1. The van der Waals surface area contributed by atoms with Gasteiger partial charge in [-0.3, -0.25) is 4.79 Å². The number of amides is 1.